The summed E-state index contributed by atoms with van der Waals surface area (Å²) in [4.78, 5) is 10.4. The molecule has 0 atom stereocenters. The normalized spacial score (nSPS) is 9.18. The number of benzene rings is 1. The molecule has 11 heavy (non-hydrogen) atoms. The summed E-state index contributed by atoms with van der Waals surface area (Å²) < 4.78 is 0. The Morgan fingerprint density at radius 1 is 1.73 bits per heavy atom. The Hall–Kier alpha value is -1.51. The van der Waals surface area contributed by atoms with Crippen molar-refractivity contribution in [1.82, 2.24) is 0 Å². The third-order valence-electron chi connectivity index (χ3n) is 1.31. The SMILES string of the molecule is Cc1ccc[c]c1NC(N)=O. The van der Waals surface area contributed by atoms with Crippen LogP contribution in [-0.4, -0.2) is 6.03 Å². The van der Waals surface area contributed by atoms with Crippen molar-refractivity contribution in [3.05, 3.63) is 29.8 Å². The number of primary amides is 1. The first-order chi connectivity index (χ1) is 5.20. The van der Waals surface area contributed by atoms with Gasteiger partial charge in [0.05, 0.1) is 5.69 Å². The molecule has 1 aromatic carbocycles. The van der Waals surface area contributed by atoms with E-state index in [0.717, 1.165) is 5.56 Å². The second-order valence-electron chi connectivity index (χ2n) is 2.22. The molecule has 0 aliphatic rings. The maximum atomic E-state index is 10.4. The van der Waals surface area contributed by atoms with Crippen molar-refractivity contribution in [3.8, 4) is 0 Å². The van der Waals surface area contributed by atoms with E-state index in [1.165, 1.54) is 0 Å². The van der Waals surface area contributed by atoms with E-state index in [9.17, 15) is 4.79 Å². The highest BCUT2D eigenvalue weighted by Gasteiger charge is 1.97. The zero-order chi connectivity index (χ0) is 8.27. The lowest BCUT2D eigenvalue weighted by molar-refractivity contribution is 0.259. The highest BCUT2D eigenvalue weighted by Crippen LogP contribution is 2.11. The summed E-state index contributed by atoms with van der Waals surface area (Å²) in [6.45, 7) is 1.88. The van der Waals surface area contributed by atoms with Gasteiger partial charge in [0.1, 0.15) is 0 Å². The number of carbonyl (C=O) groups excluding carboxylic acids is 1. The molecule has 1 rings (SSSR count). The van der Waals surface area contributed by atoms with Crippen LogP contribution in [0.15, 0.2) is 18.2 Å². The van der Waals surface area contributed by atoms with Gasteiger partial charge in [-0.25, -0.2) is 4.79 Å². The molecule has 3 N–H and O–H groups in total. The van der Waals surface area contributed by atoms with Crippen molar-refractivity contribution >= 4 is 11.7 Å². The summed E-state index contributed by atoms with van der Waals surface area (Å²) in [5.74, 6) is 0. The zero-order valence-corrected chi connectivity index (χ0v) is 6.22. The van der Waals surface area contributed by atoms with Crippen molar-refractivity contribution in [3.63, 3.8) is 0 Å². The molecular weight excluding hydrogens is 140 g/mol. The molecule has 0 heterocycles. The summed E-state index contributed by atoms with van der Waals surface area (Å²) in [6.07, 6.45) is 0. The molecule has 0 fully saturated rings. The van der Waals surface area contributed by atoms with Gasteiger partial charge in [0, 0.05) is 6.07 Å². The van der Waals surface area contributed by atoms with Gasteiger partial charge in [0.2, 0.25) is 0 Å². The molecular formula is C8H9N2O. The van der Waals surface area contributed by atoms with Gasteiger partial charge in [-0.2, -0.15) is 0 Å². The molecule has 1 radical (unpaired) electrons. The molecule has 3 nitrogen and oxygen atoms in total. The van der Waals surface area contributed by atoms with Gasteiger partial charge in [-0.1, -0.05) is 18.2 Å². The topological polar surface area (TPSA) is 55.1 Å². The quantitative estimate of drug-likeness (QED) is 0.621. The average Bonchev–Trinajstić information content (AvgIpc) is 1.93. The third-order valence-corrected chi connectivity index (χ3v) is 1.31. The Morgan fingerprint density at radius 3 is 3.00 bits per heavy atom. The maximum Gasteiger partial charge on any atom is 0.316 e. The lowest BCUT2D eigenvalue weighted by Gasteiger charge is -2.02. The molecule has 0 aromatic heterocycles. The van der Waals surface area contributed by atoms with Crippen LogP contribution in [0.5, 0.6) is 0 Å². The Morgan fingerprint density at radius 2 is 2.45 bits per heavy atom. The van der Waals surface area contributed by atoms with Crippen molar-refractivity contribution < 1.29 is 4.79 Å². The smallest absolute Gasteiger partial charge is 0.316 e. The van der Waals surface area contributed by atoms with Crippen LogP contribution in [0, 0.1) is 13.0 Å². The standard InChI is InChI=1S/C8H9N2O/c1-6-4-2-3-5-7(6)10-8(9)11/h2-4H,1H3,(H3,9,10,11). The average molecular weight is 149 g/mol. The van der Waals surface area contributed by atoms with E-state index in [4.69, 9.17) is 5.73 Å². The Bertz CT molecular complexity index is 271. The number of nitrogens with one attached hydrogen (secondary N) is 1. The van der Waals surface area contributed by atoms with Crippen LogP contribution in [0.3, 0.4) is 0 Å². The van der Waals surface area contributed by atoms with Gasteiger partial charge in [0.25, 0.3) is 0 Å². The van der Waals surface area contributed by atoms with Crippen LogP contribution in [-0.2, 0) is 0 Å². The van der Waals surface area contributed by atoms with Gasteiger partial charge in [-0.15, -0.1) is 0 Å². The first kappa shape index (κ1) is 7.60. The number of anilines is 1. The van der Waals surface area contributed by atoms with Crippen LogP contribution >= 0.6 is 0 Å². The van der Waals surface area contributed by atoms with E-state index in [1.54, 1.807) is 6.07 Å². The van der Waals surface area contributed by atoms with Gasteiger partial charge in [-0.05, 0) is 12.5 Å². The summed E-state index contributed by atoms with van der Waals surface area (Å²) in [5.41, 5.74) is 6.51. The van der Waals surface area contributed by atoms with Gasteiger partial charge in [0.15, 0.2) is 0 Å². The second kappa shape index (κ2) is 3.05. The maximum absolute atomic E-state index is 10.4. The van der Waals surface area contributed by atoms with Crippen molar-refractivity contribution in [1.29, 1.82) is 0 Å². The summed E-state index contributed by atoms with van der Waals surface area (Å²) >= 11 is 0. The Labute approximate surface area is 65.2 Å². The van der Waals surface area contributed by atoms with Gasteiger partial charge < -0.3 is 11.1 Å². The highest BCUT2D eigenvalue weighted by atomic mass is 16.2. The fraction of sp³-hybridized carbons (Fsp3) is 0.125. The minimum atomic E-state index is -0.560. The molecule has 0 spiro atoms. The summed E-state index contributed by atoms with van der Waals surface area (Å²) in [6, 6.07) is 7.74. The molecule has 2 amide bonds. The number of urea groups is 1. The first-order valence-corrected chi connectivity index (χ1v) is 3.24. The monoisotopic (exact) mass is 149 g/mol. The largest absolute Gasteiger partial charge is 0.351 e. The zero-order valence-electron chi connectivity index (χ0n) is 6.22. The van der Waals surface area contributed by atoms with Gasteiger partial charge in [-0.3, -0.25) is 0 Å². The molecule has 0 bridgehead atoms. The number of rotatable bonds is 1. The number of nitrogens with two attached hydrogens (primary N) is 1. The highest BCUT2D eigenvalue weighted by molar-refractivity contribution is 5.88. The van der Waals surface area contributed by atoms with E-state index < -0.39 is 6.03 Å². The van der Waals surface area contributed by atoms with Crippen LogP contribution in [0.1, 0.15) is 5.56 Å². The number of amides is 2. The van der Waals surface area contributed by atoms with Gasteiger partial charge >= 0.3 is 6.03 Å². The third kappa shape index (κ3) is 1.97. The number of hydrogen-bond donors (Lipinski definition) is 2. The molecule has 1 aromatic rings. The molecule has 0 saturated carbocycles. The predicted molar refractivity (Wildman–Crippen MR) is 43.2 cm³/mol. The molecule has 57 valence electrons. The molecule has 0 unspecified atom stereocenters. The lowest BCUT2D eigenvalue weighted by atomic mass is 10.2. The Kier molecular flexibility index (Phi) is 2.11. The van der Waals surface area contributed by atoms with Crippen molar-refractivity contribution in [2.45, 2.75) is 6.92 Å². The summed E-state index contributed by atoms with van der Waals surface area (Å²) in [7, 11) is 0. The number of aryl methyl sites for hydroxylation is 1. The van der Waals surface area contributed by atoms with E-state index in [2.05, 4.69) is 11.4 Å². The molecule has 0 saturated heterocycles. The predicted octanol–water partition coefficient (Wildman–Crippen LogP) is 1.29. The van der Waals surface area contributed by atoms with E-state index in [-0.39, 0.29) is 0 Å². The van der Waals surface area contributed by atoms with Crippen molar-refractivity contribution in [2.75, 3.05) is 5.32 Å². The minimum absolute atomic E-state index is 0.560. The van der Waals surface area contributed by atoms with Crippen LogP contribution in [0.2, 0.25) is 0 Å². The molecule has 0 aliphatic carbocycles. The number of hydrogen-bond acceptors (Lipinski definition) is 1. The van der Waals surface area contributed by atoms with Crippen LogP contribution < -0.4 is 11.1 Å². The number of para-hydroxylation sites is 1. The van der Waals surface area contributed by atoms with E-state index >= 15 is 0 Å². The summed E-state index contributed by atoms with van der Waals surface area (Å²) in [5, 5.41) is 2.46. The molecule has 0 aliphatic heterocycles. The second-order valence-corrected chi connectivity index (χ2v) is 2.22. The minimum Gasteiger partial charge on any atom is -0.351 e. The fourth-order valence-electron chi connectivity index (χ4n) is 0.779. The van der Waals surface area contributed by atoms with Crippen LogP contribution in [0.4, 0.5) is 10.5 Å². The van der Waals surface area contributed by atoms with Crippen molar-refractivity contribution in [2.24, 2.45) is 5.73 Å². The number of carbonyl (C=O) groups is 1. The Balaban J connectivity index is 2.86. The van der Waals surface area contributed by atoms with E-state index in [1.807, 2.05) is 19.1 Å². The molecule has 3 heteroatoms. The first-order valence-electron chi connectivity index (χ1n) is 3.24. The fourth-order valence-corrected chi connectivity index (χ4v) is 0.779. The van der Waals surface area contributed by atoms with Crippen LogP contribution in [0.25, 0.3) is 0 Å². The van der Waals surface area contributed by atoms with E-state index in [0.29, 0.717) is 5.69 Å². The lowest BCUT2D eigenvalue weighted by Crippen LogP contribution is -2.19.